The van der Waals surface area contributed by atoms with E-state index in [0.29, 0.717) is 85.7 Å². The van der Waals surface area contributed by atoms with Crippen molar-refractivity contribution < 1.29 is 90.5 Å². The molecule has 123 heavy (non-hydrogen) atoms. The van der Waals surface area contributed by atoms with E-state index in [2.05, 4.69) is 15.9 Å². The molecule has 3 saturated heterocycles. The topological polar surface area (TPSA) is 257 Å². The Morgan fingerprint density at radius 1 is 0.415 bits per heavy atom. The summed E-state index contributed by atoms with van der Waals surface area (Å²) in [6.07, 6.45) is 1.38. The van der Waals surface area contributed by atoms with Crippen LogP contribution < -0.4 is 28.4 Å². The van der Waals surface area contributed by atoms with Crippen LogP contribution in [-0.2, 0) is 43.1 Å². The molecule has 0 spiro atoms. The molecule has 3 aliphatic rings. The molecule has 0 aromatic heterocycles. The van der Waals surface area contributed by atoms with E-state index in [9.17, 15) is 52.6 Å². The second-order valence-electron chi connectivity index (χ2n) is 33.0. The Kier molecular flexibility index (Phi) is 29.4. The molecule has 644 valence electrons. The molecular weight excluding hydrogens is 1710 g/mol. The minimum Gasteiger partial charge on any atom is -0.478 e. The Labute approximate surface area is 741 Å². The quantitative estimate of drug-likeness (QED) is 0.0183. The number of ketones is 3. The molecule has 3 amide bonds. The van der Waals surface area contributed by atoms with Crippen LogP contribution in [-0.4, -0.2) is 148 Å². The van der Waals surface area contributed by atoms with Crippen LogP contribution in [0.15, 0.2) is 201 Å². The van der Waals surface area contributed by atoms with Crippen LogP contribution in [0.2, 0.25) is 5.02 Å². The van der Waals surface area contributed by atoms with Crippen molar-refractivity contribution in [2.45, 2.75) is 134 Å². The number of halogens is 3. The molecule has 0 aliphatic carbocycles. The van der Waals surface area contributed by atoms with Crippen molar-refractivity contribution in [3.05, 3.63) is 264 Å². The normalized spacial score (nSPS) is 17.1. The predicted octanol–water partition coefficient (Wildman–Crippen LogP) is 20.5. The molecule has 3 heterocycles. The van der Waals surface area contributed by atoms with Gasteiger partial charge in [-0.15, -0.1) is 11.8 Å². The van der Waals surface area contributed by atoms with Gasteiger partial charge in [0, 0.05) is 97.9 Å². The molecule has 9 aromatic carbocycles. The van der Waals surface area contributed by atoms with Crippen LogP contribution in [0.4, 0.5) is 18.8 Å². The highest BCUT2D eigenvalue weighted by Crippen LogP contribution is 2.41. The number of Topliss-reactive ketones (excluding diaryl/α,β-unsaturated/α-hetero) is 3. The van der Waals surface area contributed by atoms with Crippen molar-refractivity contribution in [3.8, 4) is 34.5 Å². The zero-order chi connectivity index (χ0) is 88.5. The molecule has 9 aromatic rings. The number of thioether (sulfide) groups is 3. The Bertz CT molecular complexity index is 5380. The molecule has 6 atom stereocenters. The number of benzene rings is 9. The molecule has 0 saturated carbocycles. The number of hydrogen-bond donors (Lipinski definition) is 1. The summed E-state index contributed by atoms with van der Waals surface area (Å²) < 4.78 is 62.5. The fourth-order valence-electron chi connectivity index (χ4n) is 15.8. The van der Waals surface area contributed by atoms with E-state index in [4.69, 9.17) is 49.5 Å². The molecule has 0 bridgehead atoms. The third-order valence-electron chi connectivity index (χ3n) is 22.3. The maximum absolute atomic E-state index is 14.8. The lowest BCUT2D eigenvalue weighted by molar-refractivity contribution is -0.157. The zero-order valence-electron chi connectivity index (χ0n) is 70.7. The fourth-order valence-corrected chi connectivity index (χ4v) is 17.9. The van der Waals surface area contributed by atoms with Gasteiger partial charge < -0.3 is 57.7 Å². The average molecular weight is 1810 g/mol. The van der Waals surface area contributed by atoms with Crippen molar-refractivity contribution in [1.29, 1.82) is 0 Å². The molecular formula is C96H98BrClFN3O18S3. The van der Waals surface area contributed by atoms with E-state index >= 15 is 0 Å². The number of likely N-dealkylation sites (tertiary alicyclic amines) is 3. The second kappa shape index (κ2) is 39.5. The first-order chi connectivity index (χ1) is 58.4. The van der Waals surface area contributed by atoms with Gasteiger partial charge in [-0.1, -0.05) is 124 Å². The highest BCUT2D eigenvalue weighted by atomic mass is 79.9. The van der Waals surface area contributed by atoms with Gasteiger partial charge in [-0.25, -0.2) is 33.2 Å². The van der Waals surface area contributed by atoms with E-state index in [1.165, 1.54) is 66.5 Å². The fraction of sp³-hybridized carbons (Fsp3) is 0.344. The zero-order valence-corrected chi connectivity index (χ0v) is 75.4. The van der Waals surface area contributed by atoms with Crippen molar-refractivity contribution in [1.82, 2.24) is 14.7 Å². The lowest BCUT2D eigenvalue weighted by atomic mass is 9.84. The second-order valence-corrected chi connectivity index (χ2v) is 37.2. The SMILES string of the molecule is CSc1ccc(C(=O)C2CN(C(=O)Oc3ccc(Cl)cc3)CC2Cc2cc(C)c(OC(C)(C)C(=O)OCSc3ccc(C(=O)C4CN(C(=O)Oc5ccc(F)cc5)CC4Cc4cc(C)c(OC(C)(C)C(=O)OCSc5ccc(C(=O)C6CN(C(=O)Oc7ccc(Br)cc7)CC6Cc6cc(C)c(OC(C)(C)C(=O)O)c(C)c6)cc5)c(C)c4)cc3)c(C)c2)cc1. The Hall–Kier alpha value is -10.6. The molecule has 3 aliphatic heterocycles. The summed E-state index contributed by atoms with van der Waals surface area (Å²) >= 11 is 13.6. The summed E-state index contributed by atoms with van der Waals surface area (Å²) in [5.41, 5.74) is 4.10. The number of amides is 3. The largest absolute Gasteiger partial charge is 0.478 e. The maximum Gasteiger partial charge on any atom is 0.415 e. The summed E-state index contributed by atoms with van der Waals surface area (Å²) in [4.78, 5) is 132. The third-order valence-corrected chi connectivity index (χ3v) is 25.5. The summed E-state index contributed by atoms with van der Waals surface area (Å²) in [6, 6.07) is 51.5. The van der Waals surface area contributed by atoms with Crippen LogP contribution >= 0.6 is 62.8 Å². The Morgan fingerprint density at radius 3 is 1.00 bits per heavy atom. The number of hydrogen-bond acceptors (Lipinski definition) is 20. The minimum atomic E-state index is -1.47. The standard InChI is InChI=1S/C96H98BrClFN3O18S3/c1-55-38-61(39-56(2)85(55)118-94(7,8)88(106)107)44-68-47-100(91(110)115-73-26-20-70(97)21-27-73)51-80(68)83(104)65-16-34-77(35-17-65)122-53-113-90(109)96(11,12)120-87-59(5)42-63(43-60(87)6)46-69-49-102(93(112)117-75-30-24-72(99)25-31-75)52-81(69)84(105)66-18-36-78(37-19-66)123-54-114-89(108)95(9,10)119-86-57(3)40-62(41-58(86)4)45-67-48-101(92(111)116-74-28-22-71(98)23-29-74)50-79(67)82(103)64-14-32-76(121-13)33-15-64/h14-43,67-69,79-81H,44-54H2,1-13H3,(H,106,107). The summed E-state index contributed by atoms with van der Waals surface area (Å²) in [6.45, 7) is 21.7. The van der Waals surface area contributed by atoms with Crippen LogP contribution in [0.3, 0.4) is 0 Å². The number of aliphatic carboxylic acids is 1. The number of nitrogens with zero attached hydrogens (tertiary/aromatic N) is 3. The molecule has 1 N–H and O–H groups in total. The Morgan fingerprint density at radius 2 is 0.699 bits per heavy atom. The first kappa shape index (κ1) is 91.6. The first-order valence-corrected chi connectivity index (χ1v) is 44.6. The van der Waals surface area contributed by atoms with Gasteiger partial charge in [0.2, 0.25) is 0 Å². The van der Waals surface area contributed by atoms with Crippen LogP contribution in [0.5, 0.6) is 34.5 Å². The lowest BCUT2D eigenvalue weighted by Gasteiger charge is -2.27. The van der Waals surface area contributed by atoms with Gasteiger partial charge in [-0.2, -0.15) is 0 Å². The minimum absolute atomic E-state index is 0.0304. The number of aryl methyl sites for hydroxylation is 6. The number of ether oxygens (including phenoxy) is 8. The van der Waals surface area contributed by atoms with Gasteiger partial charge in [-0.05, 0) is 286 Å². The van der Waals surface area contributed by atoms with Gasteiger partial charge >= 0.3 is 36.2 Å². The molecule has 0 radical (unpaired) electrons. The number of carbonyl (C=O) groups excluding carboxylic acids is 8. The van der Waals surface area contributed by atoms with Gasteiger partial charge in [0.05, 0.1) is 0 Å². The van der Waals surface area contributed by atoms with Gasteiger partial charge in [0.25, 0.3) is 0 Å². The highest BCUT2D eigenvalue weighted by Gasteiger charge is 2.45. The van der Waals surface area contributed by atoms with E-state index in [1.807, 2.05) is 108 Å². The maximum atomic E-state index is 14.8. The first-order valence-electron chi connectivity index (χ1n) is 40.2. The number of carboxylic acid groups (broad SMARTS) is 1. The third kappa shape index (κ3) is 23.1. The summed E-state index contributed by atoms with van der Waals surface area (Å²) in [5.74, 6) is -3.96. The summed E-state index contributed by atoms with van der Waals surface area (Å²) in [7, 11) is 0. The van der Waals surface area contributed by atoms with Gasteiger partial charge in [0.1, 0.15) is 52.2 Å². The average Bonchev–Trinajstić information content (AvgIpc) is 1.71. The summed E-state index contributed by atoms with van der Waals surface area (Å²) in [5, 5.41) is 10.3. The predicted molar refractivity (Wildman–Crippen MR) is 474 cm³/mol. The van der Waals surface area contributed by atoms with E-state index < -0.39 is 82.5 Å². The molecule has 21 nitrogen and oxygen atoms in total. The molecule has 27 heteroatoms. The number of rotatable bonds is 31. The highest BCUT2D eigenvalue weighted by molar-refractivity contribution is 9.10. The molecule has 3 fully saturated rings. The smallest absolute Gasteiger partial charge is 0.415 e. The van der Waals surface area contributed by atoms with Crippen LogP contribution in [0, 0.1) is 82.9 Å². The van der Waals surface area contributed by atoms with Crippen molar-refractivity contribution >= 4 is 116 Å². The van der Waals surface area contributed by atoms with E-state index in [0.717, 1.165) is 53.2 Å². The molecule has 12 rings (SSSR count). The number of carboxylic acids is 1. The van der Waals surface area contributed by atoms with Crippen molar-refractivity contribution in [2.75, 3.05) is 57.4 Å². The van der Waals surface area contributed by atoms with E-state index in [1.54, 1.807) is 146 Å². The monoisotopic (exact) mass is 1810 g/mol. The molecule has 6 unspecified atom stereocenters. The number of esters is 2. The number of carbonyl (C=O) groups is 9. The Balaban J connectivity index is 0.646. The lowest BCUT2D eigenvalue weighted by Crippen LogP contribution is -2.40. The van der Waals surface area contributed by atoms with Crippen molar-refractivity contribution in [3.63, 3.8) is 0 Å². The van der Waals surface area contributed by atoms with Gasteiger partial charge in [-0.3, -0.25) is 14.4 Å². The van der Waals surface area contributed by atoms with Crippen molar-refractivity contribution in [2.24, 2.45) is 35.5 Å². The van der Waals surface area contributed by atoms with Crippen LogP contribution in [0.25, 0.3) is 0 Å². The van der Waals surface area contributed by atoms with Gasteiger partial charge in [0.15, 0.2) is 34.2 Å². The van der Waals surface area contributed by atoms with E-state index in [-0.39, 0.29) is 86.1 Å². The van der Waals surface area contributed by atoms with Crippen LogP contribution in [0.1, 0.15) is 123 Å².